The second kappa shape index (κ2) is 10.1. The molecule has 36 heavy (non-hydrogen) atoms. The van der Waals surface area contributed by atoms with E-state index >= 15 is 0 Å². The molecule has 1 aromatic heterocycles. The van der Waals surface area contributed by atoms with Crippen LogP contribution in [0.5, 0.6) is 0 Å². The Kier molecular flexibility index (Phi) is 6.92. The van der Waals surface area contributed by atoms with Crippen molar-refractivity contribution in [3.63, 3.8) is 0 Å². The van der Waals surface area contributed by atoms with Crippen molar-refractivity contribution in [2.24, 2.45) is 11.8 Å². The highest BCUT2D eigenvalue weighted by atomic mass is 35.5. The molecule has 4 aliphatic rings. The number of likely N-dealkylation sites (N-methyl/N-ethyl adjacent to an activating group) is 2. The predicted molar refractivity (Wildman–Crippen MR) is 138 cm³/mol. The van der Waals surface area contributed by atoms with Crippen LogP contribution in [0, 0.1) is 11.8 Å². The summed E-state index contributed by atoms with van der Waals surface area (Å²) in [4.78, 5) is 39.9. The number of piperidine rings is 1. The number of carbonyl (C=O) groups excluding carboxylic acids is 2. The van der Waals surface area contributed by atoms with Crippen LogP contribution in [0.3, 0.4) is 0 Å². The summed E-state index contributed by atoms with van der Waals surface area (Å²) >= 11 is 6.45. The van der Waals surface area contributed by atoms with Gasteiger partial charge in [-0.1, -0.05) is 37.1 Å². The van der Waals surface area contributed by atoms with Crippen LogP contribution in [0.15, 0.2) is 42.0 Å². The average Bonchev–Trinajstić information content (AvgIpc) is 3.20. The van der Waals surface area contributed by atoms with E-state index in [4.69, 9.17) is 21.3 Å². The van der Waals surface area contributed by atoms with Gasteiger partial charge in [0, 0.05) is 51.8 Å². The molecule has 0 aromatic carbocycles. The second-order valence-electron chi connectivity index (χ2n) is 9.98. The van der Waals surface area contributed by atoms with E-state index < -0.39 is 6.10 Å². The molecule has 3 atom stereocenters. The molecule has 4 heterocycles. The minimum absolute atomic E-state index is 0.0944. The van der Waals surface area contributed by atoms with Crippen LogP contribution in [-0.4, -0.2) is 77.5 Å². The number of nitrogens with one attached hydrogen (secondary N) is 1. The Balaban J connectivity index is 1.32. The summed E-state index contributed by atoms with van der Waals surface area (Å²) < 4.78 is 5.90. The number of anilines is 2. The zero-order chi connectivity index (χ0) is 25.4. The van der Waals surface area contributed by atoms with Crippen LogP contribution >= 0.6 is 11.6 Å². The first-order chi connectivity index (χ1) is 17.3. The van der Waals surface area contributed by atoms with Gasteiger partial charge in [-0.2, -0.15) is 4.98 Å². The summed E-state index contributed by atoms with van der Waals surface area (Å²) in [5.41, 5.74) is 0.822. The summed E-state index contributed by atoms with van der Waals surface area (Å²) in [6.07, 6.45) is 12.9. The van der Waals surface area contributed by atoms with Gasteiger partial charge in [-0.15, -0.1) is 0 Å². The number of fused-ring (bicyclic) bond motifs is 1. The minimum atomic E-state index is -0.614. The number of likely N-dealkylation sites (tertiary alicyclic amines) is 1. The SMILES string of the molecule is CCC1CCN(c2ncc(Cl)c(NC3=CC4C=C(O[C@@H]5CCN(C)C5=O)C(=O)N(C)C4C=C3)n2)CC1. The number of hydrogen-bond acceptors (Lipinski definition) is 7. The molecule has 5 rings (SSSR count). The normalized spacial score (nSPS) is 26.7. The van der Waals surface area contributed by atoms with Gasteiger partial charge < -0.3 is 24.8 Å². The van der Waals surface area contributed by atoms with Gasteiger partial charge >= 0.3 is 0 Å². The molecular weight excluding hydrogens is 480 g/mol. The number of rotatable bonds is 6. The van der Waals surface area contributed by atoms with E-state index in [0.717, 1.165) is 37.5 Å². The first kappa shape index (κ1) is 24.6. The maximum Gasteiger partial charge on any atom is 0.288 e. The highest BCUT2D eigenvalue weighted by Crippen LogP contribution is 2.32. The lowest BCUT2D eigenvalue weighted by atomic mass is 9.89. The number of aromatic nitrogens is 2. The summed E-state index contributed by atoms with van der Waals surface area (Å²) in [7, 11) is 3.50. The molecule has 9 nitrogen and oxygen atoms in total. The number of allylic oxidation sites excluding steroid dienone is 1. The van der Waals surface area contributed by atoms with Crippen molar-refractivity contribution in [3.05, 3.63) is 47.0 Å². The van der Waals surface area contributed by atoms with Gasteiger partial charge in [0.25, 0.3) is 11.8 Å². The van der Waals surface area contributed by atoms with Gasteiger partial charge in [-0.05, 0) is 30.9 Å². The van der Waals surface area contributed by atoms with Crippen molar-refractivity contribution in [2.45, 2.75) is 44.8 Å². The Morgan fingerprint density at radius 1 is 1.14 bits per heavy atom. The quantitative estimate of drug-likeness (QED) is 0.625. The molecule has 1 aliphatic carbocycles. The molecule has 2 amide bonds. The molecule has 2 fully saturated rings. The molecular formula is C26H33ClN6O3. The van der Waals surface area contributed by atoms with E-state index in [1.165, 1.54) is 6.42 Å². The fraction of sp³-hybridized carbons (Fsp3) is 0.538. The third kappa shape index (κ3) is 4.81. The van der Waals surface area contributed by atoms with Crippen molar-refractivity contribution in [1.82, 2.24) is 19.8 Å². The molecule has 10 heteroatoms. The Bertz CT molecular complexity index is 1130. The fourth-order valence-corrected chi connectivity index (χ4v) is 5.42. The average molecular weight is 513 g/mol. The van der Waals surface area contributed by atoms with E-state index in [9.17, 15) is 9.59 Å². The van der Waals surface area contributed by atoms with E-state index in [1.54, 1.807) is 30.1 Å². The first-order valence-corrected chi connectivity index (χ1v) is 13.1. The van der Waals surface area contributed by atoms with Crippen molar-refractivity contribution >= 4 is 35.2 Å². The number of ether oxygens (including phenoxy) is 1. The Hall–Kier alpha value is -3.07. The van der Waals surface area contributed by atoms with E-state index in [-0.39, 0.29) is 29.5 Å². The minimum Gasteiger partial charge on any atom is -0.475 e. The van der Waals surface area contributed by atoms with Crippen LogP contribution in [0.2, 0.25) is 5.02 Å². The summed E-state index contributed by atoms with van der Waals surface area (Å²) in [6.45, 7) is 4.76. The lowest BCUT2D eigenvalue weighted by Gasteiger charge is -2.37. The first-order valence-electron chi connectivity index (χ1n) is 12.7. The van der Waals surface area contributed by atoms with E-state index in [1.807, 2.05) is 24.3 Å². The largest absolute Gasteiger partial charge is 0.475 e. The van der Waals surface area contributed by atoms with Gasteiger partial charge in [-0.25, -0.2) is 4.98 Å². The number of carbonyl (C=O) groups is 2. The monoisotopic (exact) mass is 512 g/mol. The van der Waals surface area contributed by atoms with Crippen molar-refractivity contribution in [2.75, 3.05) is 43.9 Å². The number of halogens is 1. The molecule has 1 N–H and O–H groups in total. The van der Waals surface area contributed by atoms with Gasteiger partial charge in [0.05, 0.1) is 12.2 Å². The van der Waals surface area contributed by atoms with Crippen molar-refractivity contribution in [1.29, 1.82) is 0 Å². The van der Waals surface area contributed by atoms with Crippen LogP contribution in [0.25, 0.3) is 0 Å². The molecule has 2 unspecified atom stereocenters. The Morgan fingerprint density at radius 2 is 1.92 bits per heavy atom. The van der Waals surface area contributed by atoms with Crippen LogP contribution in [-0.2, 0) is 14.3 Å². The number of nitrogens with zero attached hydrogens (tertiary/aromatic N) is 5. The zero-order valence-corrected chi connectivity index (χ0v) is 21.7. The molecule has 0 saturated carbocycles. The molecule has 0 radical (unpaired) electrons. The third-order valence-electron chi connectivity index (χ3n) is 7.68. The number of hydrogen-bond donors (Lipinski definition) is 1. The maximum absolute atomic E-state index is 12.9. The highest BCUT2D eigenvalue weighted by Gasteiger charge is 2.38. The van der Waals surface area contributed by atoms with Crippen LogP contribution in [0.4, 0.5) is 11.8 Å². The smallest absolute Gasteiger partial charge is 0.288 e. The van der Waals surface area contributed by atoms with Gasteiger partial charge in [0.1, 0.15) is 5.02 Å². The summed E-state index contributed by atoms with van der Waals surface area (Å²) in [6, 6.07) is -0.131. The van der Waals surface area contributed by atoms with Crippen molar-refractivity contribution in [3.8, 4) is 0 Å². The molecule has 1 aromatic rings. The number of amides is 2. The predicted octanol–water partition coefficient (Wildman–Crippen LogP) is 3.21. The molecule has 2 saturated heterocycles. The van der Waals surface area contributed by atoms with Crippen LogP contribution in [0.1, 0.15) is 32.6 Å². The zero-order valence-electron chi connectivity index (χ0n) is 21.0. The standard InChI is InChI=1S/C26H33ClN6O3/c1-4-16-7-11-33(12-8-16)26-28-15-19(27)23(30-26)29-18-5-6-20-17(13-18)14-22(25(35)32(20)3)36-21-9-10-31(2)24(21)34/h5-6,13-17,20-21H,4,7-12H2,1-3H3,(H,28,29,30)/t17?,20?,21-/m1/s1. The van der Waals surface area contributed by atoms with E-state index in [2.05, 4.69) is 22.1 Å². The maximum atomic E-state index is 12.9. The lowest BCUT2D eigenvalue weighted by Crippen LogP contribution is -2.46. The van der Waals surface area contributed by atoms with Gasteiger partial charge in [-0.3, -0.25) is 9.59 Å². The fourth-order valence-electron chi connectivity index (χ4n) is 5.28. The van der Waals surface area contributed by atoms with Gasteiger partial charge in [0.2, 0.25) is 5.95 Å². The summed E-state index contributed by atoms with van der Waals surface area (Å²) in [5, 5.41) is 3.78. The molecule has 192 valence electrons. The molecule has 0 bridgehead atoms. The molecule has 3 aliphatic heterocycles. The second-order valence-corrected chi connectivity index (χ2v) is 10.4. The van der Waals surface area contributed by atoms with E-state index in [0.29, 0.717) is 29.8 Å². The van der Waals surface area contributed by atoms with Crippen molar-refractivity contribution < 1.29 is 14.3 Å². The third-order valence-corrected chi connectivity index (χ3v) is 7.95. The van der Waals surface area contributed by atoms with Crippen LogP contribution < -0.4 is 10.2 Å². The topological polar surface area (TPSA) is 90.9 Å². The van der Waals surface area contributed by atoms with Gasteiger partial charge in [0.15, 0.2) is 17.7 Å². The molecule has 0 spiro atoms. The highest BCUT2D eigenvalue weighted by molar-refractivity contribution is 6.32. The lowest BCUT2D eigenvalue weighted by molar-refractivity contribution is -0.139. The Morgan fingerprint density at radius 3 is 2.61 bits per heavy atom. The Labute approximate surface area is 216 Å². The summed E-state index contributed by atoms with van der Waals surface area (Å²) in [5.74, 6) is 1.79.